The van der Waals surface area contributed by atoms with Gasteiger partial charge in [-0.15, -0.1) is 0 Å². The van der Waals surface area contributed by atoms with E-state index >= 15 is 0 Å². The summed E-state index contributed by atoms with van der Waals surface area (Å²) in [6.07, 6.45) is 0. The fourth-order valence-electron chi connectivity index (χ4n) is 2.23. The summed E-state index contributed by atoms with van der Waals surface area (Å²) in [5.74, 6) is -1.05. The molecule has 0 aliphatic rings. The lowest BCUT2D eigenvalue weighted by atomic mass is 10.1. The van der Waals surface area contributed by atoms with Crippen LogP contribution in [0.5, 0.6) is 5.75 Å². The van der Waals surface area contributed by atoms with Gasteiger partial charge in [0, 0.05) is 13.0 Å². The minimum absolute atomic E-state index is 0.149. The summed E-state index contributed by atoms with van der Waals surface area (Å²) in [7, 11) is 1.57. The van der Waals surface area contributed by atoms with Crippen LogP contribution in [0.1, 0.15) is 24.2 Å². The van der Waals surface area contributed by atoms with E-state index in [2.05, 4.69) is 5.32 Å². The van der Waals surface area contributed by atoms with Crippen molar-refractivity contribution in [2.24, 2.45) is 5.92 Å². The summed E-state index contributed by atoms with van der Waals surface area (Å²) >= 11 is 0. The Balaban J connectivity index is 2.06. The van der Waals surface area contributed by atoms with Gasteiger partial charge < -0.3 is 15.0 Å². The number of carbonyl (C=O) groups is 2. The smallest absolute Gasteiger partial charge is 0.258 e. The quantitative estimate of drug-likeness (QED) is 0.823. The number of anilines is 1. The van der Waals surface area contributed by atoms with Gasteiger partial charge in [0.25, 0.3) is 5.91 Å². The first kappa shape index (κ1) is 19.4. The number of ether oxygens (including phenoxy) is 1. The van der Waals surface area contributed by atoms with E-state index in [4.69, 9.17) is 4.74 Å². The van der Waals surface area contributed by atoms with Crippen LogP contribution in [-0.4, -0.2) is 36.9 Å². The Hall–Kier alpha value is -2.89. The molecule has 0 spiro atoms. The maximum Gasteiger partial charge on any atom is 0.258 e. The highest BCUT2D eigenvalue weighted by atomic mass is 19.1. The van der Waals surface area contributed by atoms with Crippen LogP contribution in [-0.2, 0) is 4.79 Å². The van der Waals surface area contributed by atoms with Gasteiger partial charge in [-0.1, -0.05) is 38.1 Å². The minimum atomic E-state index is -0.674. The molecular weight excluding hydrogens is 335 g/mol. The van der Waals surface area contributed by atoms with E-state index in [1.165, 1.54) is 23.1 Å². The maximum absolute atomic E-state index is 14.3. The van der Waals surface area contributed by atoms with Crippen molar-refractivity contribution < 1.29 is 18.7 Å². The number of nitrogens with zero attached hydrogens (tertiary/aromatic N) is 1. The molecular formula is C20H23FN2O3. The van der Waals surface area contributed by atoms with Crippen molar-refractivity contribution in [2.75, 3.05) is 25.5 Å². The third-order valence-electron chi connectivity index (χ3n) is 3.80. The topological polar surface area (TPSA) is 58.6 Å². The SMILES string of the molecule is CC(C)C(=O)Nc1cccc(F)c1C(=O)N(C)CCOc1ccccc1. The van der Waals surface area contributed by atoms with E-state index in [0.29, 0.717) is 5.75 Å². The lowest BCUT2D eigenvalue weighted by Crippen LogP contribution is -2.32. The third kappa shape index (κ3) is 5.05. The summed E-state index contributed by atoms with van der Waals surface area (Å²) in [6, 6.07) is 13.4. The molecule has 26 heavy (non-hydrogen) atoms. The Morgan fingerprint density at radius 2 is 1.81 bits per heavy atom. The van der Waals surface area contributed by atoms with E-state index in [9.17, 15) is 14.0 Å². The molecule has 0 saturated carbocycles. The molecule has 0 unspecified atom stereocenters. The lowest BCUT2D eigenvalue weighted by molar-refractivity contribution is -0.118. The number of hydrogen-bond donors (Lipinski definition) is 1. The van der Waals surface area contributed by atoms with Crippen LogP contribution in [0.2, 0.25) is 0 Å². The van der Waals surface area contributed by atoms with Crippen LogP contribution < -0.4 is 10.1 Å². The monoisotopic (exact) mass is 358 g/mol. The summed E-state index contributed by atoms with van der Waals surface area (Å²) < 4.78 is 19.8. The number of para-hydroxylation sites is 1. The average molecular weight is 358 g/mol. The van der Waals surface area contributed by atoms with Crippen molar-refractivity contribution in [1.82, 2.24) is 4.90 Å². The van der Waals surface area contributed by atoms with Crippen LogP contribution in [0, 0.1) is 11.7 Å². The second-order valence-corrected chi connectivity index (χ2v) is 6.19. The molecule has 1 N–H and O–H groups in total. The van der Waals surface area contributed by atoms with E-state index < -0.39 is 11.7 Å². The molecule has 0 aromatic heterocycles. The van der Waals surface area contributed by atoms with Gasteiger partial charge in [-0.25, -0.2) is 4.39 Å². The lowest BCUT2D eigenvalue weighted by Gasteiger charge is -2.20. The standard InChI is InChI=1S/C20H23FN2O3/c1-14(2)19(24)22-17-11-7-10-16(21)18(17)20(25)23(3)12-13-26-15-8-5-4-6-9-15/h4-11,14H,12-13H2,1-3H3,(H,22,24). The van der Waals surface area contributed by atoms with Crippen molar-refractivity contribution >= 4 is 17.5 Å². The highest BCUT2D eigenvalue weighted by Gasteiger charge is 2.22. The van der Waals surface area contributed by atoms with E-state index in [0.717, 1.165) is 0 Å². The van der Waals surface area contributed by atoms with Crippen molar-refractivity contribution in [3.8, 4) is 5.75 Å². The van der Waals surface area contributed by atoms with E-state index in [-0.39, 0.29) is 36.2 Å². The molecule has 2 aromatic carbocycles. The average Bonchev–Trinajstić information content (AvgIpc) is 2.62. The number of rotatable bonds is 7. The molecule has 0 atom stereocenters. The van der Waals surface area contributed by atoms with Crippen molar-refractivity contribution in [1.29, 1.82) is 0 Å². The van der Waals surface area contributed by atoms with Crippen LogP contribution >= 0.6 is 0 Å². The first-order valence-corrected chi connectivity index (χ1v) is 8.43. The van der Waals surface area contributed by atoms with Crippen molar-refractivity contribution in [3.05, 3.63) is 59.9 Å². The molecule has 5 nitrogen and oxygen atoms in total. The zero-order valence-electron chi connectivity index (χ0n) is 15.2. The number of nitrogens with one attached hydrogen (secondary N) is 1. The molecule has 0 fully saturated rings. The molecule has 0 aliphatic heterocycles. The molecule has 0 radical (unpaired) electrons. The fraction of sp³-hybridized carbons (Fsp3) is 0.300. The number of carbonyl (C=O) groups excluding carboxylic acids is 2. The van der Waals surface area contributed by atoms with Crippen LogP contribution in [0.25, 0.3) is 0 Å². The highest BCUT2D eigenvalue weighted by Crippen LogP contribution is 2.21. The first-order chi connectivity index (χ1) is 12.4. The largest absolute Gasteiger partial charge is 0.492 e. The molecule has 2 rings (SSSR count). The number of amides is 2. The predicted octanol–water partition coefficient (Wildman–Crippen LogP) is 3.57. The summed E-state index contributed by atoms with van der Waals surface area (Å²) in [6.45, 7) is 4.00. The number of halogens is 1. The molecule has 0 heterocycles. The van der Waals surface area contributed by atoms with Gasteiger partial charge in [-0.2, -0.15) is 0 Å². The zero-order chi connectivity index (χ0) is 19.1. The minimum Gasteiger partial charge on any atom is -0.492 e. The van der Waals surface area contributed by atoms with Crippen LogP contribution in [0.3, 0.4) is 0 Å². The van der Waals surface area contributed by atoms with E-state index in [1.807, 2.05) is 30.3 Å². The Bertz CT molecular complexity index is 763. The second-order valence-electron chi connectivity index (χ2n) is 6.19. The number of likely N-dealkylation sites (N-methyl/N-ethyl adjacent to an activating group) is 1. The van der Waals surface area contributed by atoms with Gasteiger partial charge >= 0.3 is 0 Å². The highest BCUT2D eigenvalue weighted by molar-refractivity contribution is 6.04. The van der Waals surface area contributed by atoms with Crippen molar-refractivity contribution in [2.45, 2.75) is 13.8 Å². The number of benzene rings is 2. The Labute approximate surface area is 152 Å². The summed E-state index contributed by atoms with van der Waals surface area (Å²) in [5, 5.41) is 2.61. The molecule has 0 bridgehead atoms. The molecule has 138 valence electrons. The Morgan fingerprint density at radius 1 is 1.12 bits per heavy atom. The molecule has 0 saturated heterocycles. The van der Waals surface area contributed by atoms with Gasteiger partial charge in [0.2, 0.25) is 5.91 Å². The normalized spacial score (nSPS) is 10.5. The van der Waals surface area contributed by atoms with Gasteiger partial charge in [0.05, 0.1) is 17.8 Å². The summed E-state index contributed by atoms with van der Waals surface area (Å²) in [4.78, 5) is 25.9. The number of hydrogen-bond acceptors (Lipinski definition) is 3. The summed E-state index contributed by atoms with van der Waals surface area (Å²) in [5.41, 5.74) is 0.0215. The molecule has 2 amide bonds. The first-order valence-electron chi connectivity index (χ1n) is 8.43. The molecule has 2 aromatic rings. The molecule has 6 heteroatoms. The maximum atomic E-state index is 14.3. The molecule has 0 aliphatic carbocycles. The predicted molar refractivity (Wildman–Crippen MR) is 98.8 cm³/mol. The fourth-order valence-corrected chi connectivity index (χ4v) is 2.23. The van der Waals surface area contributed by atoms with Gasteiger partial charge in [0.1, 0.15) is 18.2 Å². The van der Waals surface area contributed by atoms with Gasteiger partial charge in [-0.3, -0.25) is 9.59 Å². The van der Waals surface area contributed by atoms with Gasteiger partial charge in [0.15, 0.2) is 0 Å². The van der Waals surface area contributed by atoms with Crippen LogP contribution in [0.4, 0.5) is 10.1 Å². The van der Waals surface area contributed by atoms with Crippen LogP contribution in [0.15, 0.2) is 48.5 Å². The van der Waals surface area contributed by atoms with Crippen molar-refractivity contribution in [3.63, 3.8) is 0 Å². The van der Waals surface area contributed by atoms with E-state index in [1.54, 1.807) is 20.9 Å². The Morgan fingerprint density at radius 3 is 2.46 bits per heavy atom. The zero-order valence-corrected chi connectivity index (χ0v) is 15.2. The third-order valence-corrected chi connectivity index (χ3v) is 3.80. The van der Waals surface area contributed by atoms with Gasteiger partial charge in [-0.05, 0) is 24.3 Å². The Kier molecular flexibility index (Phi) is 6.72. The second kappa shape index (κ2) is 8.99.